The molecule has 0 aliphatic carbocycles. The van der Waals surface area contributed by atoms with Gasteiger partial charge in [-0.15, -0.1) is 0 Å². The van der Waals surface area contributed by atoms with E-state index in [2.05, 4.69) is 5.16 Å². The van der Waals surface area contributed by atoms with E-state index in [9.17, 15) is 4.79 Å². The van der Waals surface area contributed by atoms with E-state index in [-0.39, 0.29) is 18.1 Å². The Morgan fingerprint density at radius 3 is 2.56 bits per heavy atom. The van der Waals surface area contributed by atoms with Crippen molar-refractivity contribution < 1.29 is 14.1 Å². The smallest absolute Gasteiger partial charge is 0.276 e. The van der Waals surface area contributed by atoms with Crippen molar-refractivity contribution in [3.63, 3.8) is 0 Å². The van der Waals surface area contributed by atoms with Gasteiger partial charge in [-0.05, 0) is 20.8 Å². The Balaban J connectivity index is 2.09. The maximum Gasteiger partial charge on any atom is 0.276 e. The van der Waals surface area contributed by atoms with Gasteiger partial charge in [-0.2, -0.15) is 0 Å². The van der Waals surface area contributed by atoms with Crippen LogP contribution in [0.5, 0.6) is 0 Å². The van der Waals surface area contributed by atoms with Crippen LogP contribution in [-0.4, -0.2) is 41.3 Å². The highest BCUT2D eigenvalue weighted by atomic mass is 16.5. The van der Waals surface area contributed by atoms with Gasteiger partial charge in [0.25, 0.3) is 5.91 Å². The normalized spacial score (nSPS) is 25.8. The molecule has 2 rings (SSSR count). The number of hydrogen-bond acceptors (Lipinski definition) is 4. The van der Waals surface area contributed by atoms with Crippen molar-refractivity contribution in [3.8, 4) is 0 Å². The van der Waals surface area contributed by atoms with E-state index in [1.165, 1.54) is 0 Å². The monoisotopic (exact) mass is 224 g/mol. The van der Waals surface area contributed by atoms with Crippen LogP contribution in [0.3, 0.4) is 0 Å². The van der Waals surface area contributed by atoms with Crippen molar-refractivity contribution in [1.82, 2.24) is 10.1 Å². The van der Waals surface area contributed by atoms with Gasteiger partial charge in [0.1, 0.15) is 5.76 Å². The molecule has 1 aromatic rings. The van der Waals surface area contributed by atoms with Crippen LogP contribution in [0.2, 0.25) is 0 Å². The molecule has 5 nitrogen and oxygen atoms in total. The molecule has 1 aliphatic rings. The molecule has 0 spiro atoms. The van der Waals surface area contributed by atoms with Gasteiger partial charge in [0.2, 0.25) is 0 Å². The highest BCUT2D eigenvalue weighted by molar-refractivity contribution is 5.92. The van der Waals surface area contributed by atoms with E-state index in [0.29, 0.717) is 24.5 Å². The number of rotatable bonds is 1. The molecule has 1 aliphatic heterocycles. The maximum absolute atomic E-state index is 12.1. The van der Waals surface area contributed by atoms with Crippen molar-refractivity contribution in [2.45, 2.75) is 33.0 Å². The van der Waals surface area contributed by atoms with Gasteiger partial charge in [0.15, 0.2) is 5.69 Å². The zero-order valence-electron chi connectivity index (χ0n) is 9.77. The van der Waals surface area contributed by atoms with Gasteiger partial charge in [-0.25, -0.2) is 0 Å². The van der Waals surface area contributed by atoms with Gasteiger partial charge < -0.3 is 14.2 Å². The van der Waals surface area contributed by atoms with Crippen LogP contribution in [0.4, 0.5) is 0 Å². The van der Waals surface area contributed by atoms with Crippen molar-refractivity contribution in [2.24, 2.45) is 0 Å². The first-order chi connectivity index (χ1) is 7.56. The fraction of sp³-hybridized carbons (Fsp3) is 0.636. The van der Waals surface area contributed by atoms with Crippen LogP contribution in [0.15, 0.2) is 10.6 Å². The highest BCUT2D eigenvalue weighted by Gasteiger charge is 2.27. The number of carbonyl (C=O) groups excluding carboxylic acids is 1. The zero-order chi connectivity index (χ0) is 11.7. The standard InChI is InChI=1S/C11H16N2O3/c1-7-4-10(12-16-7)11(14)13-5-8(2)15-9(3)6-13/h4,8-9H,5-6H2,1-3H3/t8-,9-/m1/s1. The fourth-order valence-corrected chi connectivity index (χ4v) is 1.97. The lowest BCUT2D eigenvalue weighted by atomic mass is 10.2. The molecule has 1 saturated heterocycles. The van der Waals surface area contributed by atoms with Crippen LogP contribution >= 0.6 is 0 Å². The van der Waals surface area contributed by atoms with E-state index in [0.717, 1.165) is 0 Å². The van der Waals surface area contributed by atoms with Gasteiger partial charge >= 0.3 is 0 Å². The van der Waals surface area contributed by atoms with Gasteiger partial charge in [0.05, 0.1) is 12.2 Å². The Morgan fingerprint density at radius 1 is 1.44 bits per heavy atom. The quantitative estimate of drug-likeness (QED) is 0.720. The van der Waals surface area contributed by atoms with Crippen LogP contribution in [0.1, 0.15) is 30.1 Å². The molecule has 2 heterocycles. The Kier molecular flexibility index (Phi) is 2.96. The van der Waals surface area contributed by atoms with Gasteiger partial charge in [-0.3, -0.25) is 4.79 Å². The molecule has 0 N–H and O–H groups in total. The van der Waals surface area contributed by atoms with Crippen LogP contribution in [0.25, 0.3) is 0 Å². The lowest BCUT2D eigenvalue weighted by Gasteiger charge is -2.34. The predicted octanol–water partition coefficient (Wildman–Crippen LogP) is 1.23. The Morgan fingerprint density at radius 2 is 2.06 bits per heavy atom. The molecule has 16 heavy (non-hydrogen) atoms. The lowest BCUT2D eigenvalue weighted by Crippen LogP contribution is -2.48. The van der Waals surface area contributed by atoms with Crippen molar-refractivity contribution >= 4 is 5.91 Å². The first-order valence-electron chi connectivity index (χ1n) is 5.44. The summed E-state index contributed by atoms with van der Waals surface area (Å²) in [6.45, 7) is 6.91. The number of aromatic nitrogens is 1. The van der Waals surface area contributed by atoms with E-state index >= 15 is 0 Å². The van der Waals surface area contributed by atoms with Crippen LogP contribution in [-0.2, 0) is 4.74 Å². The summed E-state index contributed by atoms with van der Waals surface area (Å²) in [6.07, 6.45) is 0.140. The molecule has 0 radical (unpaired) electrons. The minimum atomic E-state index is -0.0844. The summed E-state index contributed by atoms with van der Waals surface area (Å²) in [6, 6.07) is 1.66. The van der Waals surface area contributed by atoms with Crippen molar-refractivity contribution in [1.29, 1.82) is 0 Å². The van der Waals surface area contributed by atoms with Crippen molar-refractivity contribution in [2.75, 3.05) is 13.1 Å². The summed E-state index contributed by atoms with van der Waals surface area (Å²) in [4.78, 5) is 13.8. The predicted molar refractivity (Wildman–Crippen MR) is 57.2 cm³/mol. The topological polar surface area (TPSA) is 55.6 Å². The molecular formula is C11H16N2O3. The van der Waals surface area contributed by atoms with Crippen LogP contribution in [0, 0.1) is 6.92 Å². The second-order valence-corrected chi connectivity index (χ2v) is 4.29. The van der Waals surface area contributed by atoms with E-state index in [1.54, 1.807) is 17.9 Å². The maximum atomic E-state index is 12.1. The molecule has 0 aromatic carbocycles. The summed E-state index contributed by atoms with van der Waals surface area (Å²) in [5, 5.41) is 3.73. The molecule has 1 fully saturated rings. The molecule has 88 valence electrons. The Hall–Kier alpha value is -1.36. The number of aryl methyl sites for hydroxylation is 1. The number of hydrogen-bond donors (Lipinski definition) is 0. The molecule has 5 heteroatoms. The zero-order valence-corrected chi connectivity index (χ0v) is 9.77. The number of ether oxygens (including phenoxy) is 1. The highest BCUT2D eigenvalue weighted by Crippen LogP contribution is 2.14. The summed E-state index contributed by atoms with van der Waals surface area (Å²) >= 11 is 0. The number of nitrogens with zero attached hydrogens (tertiary/aromatic N) is 2. The van der Waals surface area contributed by atoms with E-state index < -0.39 is 0 Å². The molecule has 0 saturated carbocycles. The minimum Gasteiger partial charge on any atom is -0.372 e. The van der Waals surface area contributed by atoms with E-state index in [1.807, 2.05) is 13.8 Å². The van der Waals surface area contributed by atoms with Crippen LogP contribution < -0.4 is 0 Å². The first kappa shape index (κ1) is 11.1. The molecule has 0 bridgehead atoms. The van der Waals surface area contributed by atoms with Crippen molar-refractivity contribution in [3.05, 3.63) is 17.5 Å². The molecule has 1 amide bonds. The first-order valence-corrected chi connectivity index (χ1v) is 5.44. The molecule has 2 atom stereocenters. The van der Waals surface area contributed by atoms with Gasteiger partial charge in [0, 0.05) is 19.2 Å². The van der Waals surface area contributed by atoms with E-state index in [4.69, 9.17) is 9.26 Å². The SMILES string of the molecule is Cc1cc(C(=O)N2C[C@@H](C)O[C@H](C)C2)no1. The van der Waals surface area contributed by atoms with Gasteiger partial charge in [-0.1, -0.05) is 5.16 Å². The summed E-state index contributed by atoms with van der Waals surface area (Å²) < 4.78 is 10.5. The number of carbonyl (C=O) groups is 1. The fourth-order valence-electron chi connectivity index (χ4n) is 1.97. The largest absolute Gasteiger partial charge is 0.372 e. The Bertz CT molecular complexity index is 378. The molecule has 0 unspecified atom stereocenters. The average molecular weight is 224 g/mol. The third kappa shape index (κ3) is 2.24. The number of amides is 1. The summed E-state index contributed by atoms with van der Waals surface area (Å²) in [7, 11) is 0. The summed E-state index contributed by atoms with van der Waals surface area (Å²) in [5.41, 5.74) is 0.374. The second-order valence-electron chi connectivity index (χ2n) is 4.29. The Labute approximate surface area is 94.3 Å². The third-order valence-electron chi connectivity index (χ3n) is 2.55. The molecule has 1 aromatic heterocycles. The average Bonchev–Trinajstić information content (AvgIpc) is 2.62. The second kappa shape index (κ2) is 4.25. The minimum absolute atomic E-state index is 0.0701. The third-order valence-corrected chi connectivity index (χ3v) is 2.55. The lowest BCUT2D eigenvalue weighted by molar-refractivity contribution is -0.0588. The molecular weight excluding hydrogens is 208 g/mol. The number of morpholine rings is 1. The summed E-state index contributed by atoms with van der Waals surface area (Å²) in [5.74, 6) is 0.566.